The highest BCUT2D eigenvalue weighted by atomic mass is 16.4. The van der Waals surface area contributed by atoms with Crippen molar-refractivity contribution in [3.63, 3.8) is 0 Å². The van der Waals surface area contributed by atoms with E-state index in [-0.39, 0.29) is 12.5 Å². The third-order valence-corrected chi connectivity index (χ3v) is 2.59. The number of hydrogen-bond donors (Lipinski definition) is 5. The maximum Gasteiger partial charge on any atom is 0.328 e. The molecule has 0 saturated heterocycles. The predicted molar refractivity (Wildman–Crippen MR) is 65.4 cm³/mol. The van der Waals surface area contributed by atoms with Gasteiger partial charge in [0.15, 0.2) is 6.04 Å². The lowest BCUT2D eigenvalue weighted by molar-refractivity contribution is -0.140. The van der Waals surface area contributed by atoms with Gasteiger partial charge in [-0.1, -0.05) is 0 Å². The Kier molecular flexibility index (Phi) is 6.07. The molecule has 1 aliphatic rings. The summed E-state index contributed by atoms with van der Waals surface area (Å²) in [6.07, 6.45) is 2.86. The lowest BCUT2D eigenvalue weighted by Crippen LogP contribution is -2.48. The van der Waals surface area contributed by atoms with Crippen LogP contribution in [0.5, 0.6) is 0 Å². The highest BCUT2D eigenvalue weighted by Crippen LogP contribution is 2.18. The number of carbonyl (C=O) groups is 3. The zero-order valence-electron chi connectivity index (χ0n) is 10.5. The first-order chi connectivity index (χ1) is 9.02. The number of aliphatic hydroxyl groups excluding tert-OH is 1. The van der Waals surface area contributed by atoms with Gasteiger partial charge in [-0.15, -0.1) is 0 Å². The van der Waals surface area contributed by atoms with Crippen LogP contribution in [0.2, 0.25) is 0 Å². The fourth-order valence-electron chi connectivity index (χ4n) is 1.37. The number of nitrogens with one attached hydrogen (secondary N) is 3. The minimum absolute atomic E-state index is 0.0384. The summed E-state index contributed by atoms with van der Waals surface area (Å²) in [4.78, 5) is 33.1. The van der Waals surface area contributed by atoms with Crippen LogP contribution >= 0.6 is 0 Å². The van der Waals surface area contributed by atoms with Crippen molar-refractivity contribution in [1.29, 1.82) is 0 Å². The number of urea groups is 1. The Hall–Kier alpha value is -1.83. The molecule has 1 fully saturated rings. The van der Waals surface area contributed by atoms with Crippen LogP contribution < -0.4 is 16.0 Å². The largest absolute Gasteiger partial charge is 0.480 e. The van der Waals surface area contributed by atoms with Gasteiger partial charge < -0.3 is 26.2 Å². The Morgan fingerprint density at radius 2 is 1.95 bits per heavy atom. The molecule has 1 rings (SSSR count). The third kappa shape index (κ3) is 6.61. The molecular weight excluding hydrogens is 254 g/mol. The zero-order valence-corrected chi connectivity index (χ0v) is 10.5. The lowest BCUT2D eigenvalue weighted by Gasteiger charge is -2.12. The molecule has 5 N–H and O–H groups in total. The van der Waals surface area contributed by atoms with E-state index in [1.165, 1.54) is 0 Å². The first-order valence-electron chi connectivity index (χ1n) is 6.20. The van der Waals surface area contributed by atoms with Crippen LogP contribution in [0.15, 0.2) is 0 Å². The molecule has 1 aliphatic carbocycles. The summed E-state index contributed by atoms with van der Waals surface area (Å²) in [5.74, 6) is -1.34. The molecule has 108 valence electrons. The zero-order chi connectivity index (χ0) is 14.3. The fraction of sp³-hybridized carbons (Fsp3) is 0.727. The summed E-state index contributed by atoms with van der Waals surface area (Å²) in [7, 11) is 0. The summed E-state index contributed by atoms with van der Waals surface area (Å²) in [6, 6.07) is -1.67. The molecule has 8 heteroatoms. The second kappa shape index (κ2) is 7.57. The predicted octanol–water partition coefficient (Wildman–Crippen LogP) is -1.21. The highest BCUT2D eigenvalue weighted by Gasteiger charge is 2.22. The van der Waals surface area contributed by atoms with Gasteiger partial charge in [-0.3, -0.25) is 4.79 Å². The van der Waals surface area contributed by atoms with E-state index < -0.39 is 24.6 Å². The van der Waals surface area contributed by atoms with Crippen molar-refractivity contribution in [3.05, 3.63) is 0 Å². The second-order valence-corrected chi connectivity index (χ2v) is 4.42. The molecule has 0 aliphatic heterocycles. The molecule has 0 bridgehead atoms. The molecule has 0 aromatic carbocycles. The van der Waals surface area contributed by atoms with Crippen LogP contribution in [0, 0.1) is 0 Å². The molecule has 0 spiro atoms. The SMILES string of the molecule is O=C(CCCNC(=O)NC(CO)C(=O)O)NC1CC1. The van der Waals surface area contributed by atoms with Crippen molar-refractivity contribution in [1.82, 2.24) is 16.0 Å². The van der Waals surface area contributed by atoms with Gasteiger partial charge >= 0.3 is 12.0 Å². The first kappa shape index (κ1) is 15.2. The number of amides is 3. The van der Waals surface area contributed by atoms with Crippen LogP contribution in [0.25, 0.3) is 0 Å². The van der Waals surface area contributed by atoms with E-state index in [1.54, 1.807) is 0 Å². The summed E-state index contributed by atoms with van der Waals surface area (Å²) < 4.78 is 0. The first-order valence-corrected chi connectivity index (χ1v) is 6.20. The highest BCUT2D eigenvalue weighted by molar-refractivity contribution is 5.82. The van der Waals surface area contributed by atoms with Gasteiger partial charge in [-0.2, -0.15) is 0 Å². The molecular formula is C11H19N3O5. The van der Waals surface area contributed by atoms with E-state index in [1.807, 2.05) is 0 Å². The van der Waals surface area contributed by atoms with Crippen molar-refractivity contribution in [2.75, 3.05) is 13.2 Å². The van der Waals surface area contributed by atoms with Crippen molar-refractivity contribution >= 4 is 17.9 Å². The molecule has 8 nitrogen and oxygen atoms in total. The summed E-state index contributed by atoms with van der Waals surface area (Å²) in [5, 5.41) is 24.6. The van der Waals surface area contributed by atoms with Crippen molar-refractivity contribution in [3.8, 4) is 0 Å². The summed E-state index contributed by atoms with van der Waals surface area (Å²) >= 11 is 0. The van der Waals surface area contributed by atoms with E-state index >= 15 is 0 Å². The second-order valence-electron chi connectivity index (χ2n) is 4.42. The maximum atomic E-state index is 11.3. The quantitative estimate of drug-likeness (QED) is 0.354. The number of aliphatic hydroxyl groups is 1. The number of carbonyl (C=O) groups excluding carboxylic acids is 2. The van der Waals surface area contributed by atoms with Gasteiger partial charge in [-0.05, 0) is 19.3 Å². The normalized spacial score (nSPS) is 15.4. The van der Waals surface area contributed by atoms with Crippen LogP contribution in [-0.2, 0) is 9.59 Å². The van der Waals surface area contributed by atoms with E-state index in [0.29, 0.717) is 18.9 Å². The molecule has 3 amide bonds. The number of carboxylic acids is 1. The number of rotatable bonds is 8. The van der Waals surface area contributed by atoms with Gasteiger partial charge in [0, 0.05) is 19.0 Å². The molecule has 1 unspecified atom stereocenters. The Morgan fingerprint density at radius 3 is 2.47 bits per heavy atom. The number of aliphatic carboxylic acids is 1. The third-order valence-electron chi connectivity index (χ3n) is 2.59. The lowest BCUT2D eigenvalue weighted by atomic mass is 10.3. The van der Waals surface area contributed by atoms with Crippen molar-refractivity contribution in [2.24, 2.45) is 0 Å². The number of carboxylic acid groups (broad SMARTS) is 1. The molecule has 19 heavy (non-hydrogen) atoms. The van der Waals surface area contributed by atoms with Crippen LogP contribution in [0.3, 0.4) is 0 Å². The van der Waals surface area contributed by atoms with E-state index in [9.17, 15) is 14.4 Å². The minimum atomic E-state index is -1.32. The topological polar surface area (TPSA) is 128 Å². The van der Waals surface area contributed by atoms with Gasteiger partial charge in [-0.25, -0.2) is 9.59 Å². The van der Waals surface area contributed by atoms with Gasteiger partial charge in [0.1, 0.15) is 0 Å². The molecule has 1 atom stereocenters. The molecule has 0 aromatic rings. The van der Waals surface area contributed by atoms with Crippen LogP contribution in [0.4, 0.5) is 4.79 Å². The number of hydrogen-bond acceptors (Lipinski definition) is 4. The van der Waals surface area contributed by atoms with Gasteiger partial charge in [0.2, 0.25) is 5.91 Å². The van der Waals surface area contributed by atoms with E-state index in [4.69, 9.17) is 10.2 Å². The molecule has 0 aromatic heterocycles. The standard InChI is InChI=1S/C11H19N3O5/c15-6-8(10(17)18)14-11(19)12-5-1-2-9(16)13-7-3-4-7/h7-8,15H,1-6H2,(H,13,16)(H,17,18)(H2,12,14,19). The van der Waals surface area contributed by atoms with Gasteiger partial charge in [0.05, 0.1) is 6.61 Å². The van der Waals surface area contributed by atoms with Crippen LogP contribution in [-0.4, -0.2) is 53.4 Å². The Labute approximate surface area is 110 Å². The van der Waals surface area contributed by atoms with Crippen molar-refractivity contribution in [2.45, 2.75) is 37.8 Å². The van der Waals surface area contributed by atoms with Gasteiger partial charge in [0.25, 0.3) is 0 Å². The smallest absolute Gasteiger partial charge is 0.328 e. The molecule has 1 saturated carbocycles. The summed E-state index contributed by atoms with van der Waals surface area (Å²) in [6.45, 7) is -0.408. The Morgan fingerprint density at radius 1 is 1.26 bits per heavy atom. The average molecular weight is 273 g/mol. The van der Waals surface area contributed by atoms with Crippen LogP contribution in [0.1, 0.15) is 25.7 Å². The van der Waals surface area contributed by atoms with E-state index in [0.717, 1.165) is 12.8 Å². The Balaban J connectivity index is 2.05. The average Bonchev–Trinajstić information content (AvgIpc) is 3.15. The fourth-order valence-corrected chi connectivity index (χ4v) is 1.37. The monoisotopic (exact) mass is 273 g/mol. The maximum absolute atomic E-state index is 11.3. The van der Waals surface area contributed by atoms with Crippen molar-refractivity contribution < 1.29 is 24.6 Å². The molecule has 0 heterocycles. The summed E-state index contributed by atoms with van der Waals surface area (Å²) in [5.41, 5.74) is 0. The molecule has 0 radical (unpaired) electrons. The minimum Gasteiger partial charge on any atom is -0.480 e. The van der Waals surface area contributed by atoms with E-state index in [2.05, 4.69) is 16.0 Å². The Bertz CT molecular complexity index is 343.